The summed E-state index contributed by atoms with van der Waals surface area (Å²) in [7, 11) is -2.54. The highest BCUT2D eigenvalue weighted by molar-refractivity contribution is 7.85. The molecule has 1 aromatic rings. The third-order valence-corrected chi connectivity index (χ3v) is 3.05. The van der Waals surface area contributed by atoms with Crippen LogP contribution in [0.2, 0.25) is 5.15 Å². The molecule has 0 N–H and O–H groups in total. The molecule has 0 aliphatic rings. The van der Waals surface area contributed by atoms with E-state index in [4.69, 9.17) is 16.9 Å². The van der Waals surface area contributed by atoms with Crippen molar-refractivity contribution in [3.05, 3.63) is 28.5 Å². The van der Waals surface area contributed by atoms with Crippen LogP contribution in [0.1, 0.15) is 11.3 Å². The number of pyridine rings is 1. The molecule has 0 spiro atoms. The zero-order valence-corrected chi connectivity index (χ0v) is 9.34. The fraction of sp³-hybridized carbons (Fsp3) is 0.250. The summed E-state index contributed by atoms with van der Waals surface area (Å²) in [5, 5.41) is 8.56. The molecule has 0 bridgehead atoms. The van der Waals surface area contributed by atoms with Gasteiger partial charge in [-0.2, -0.15) is 13.7 Å². The summed E-state index contributed by atoms with van der Waals surface area (Å²) >= 11 is 5.63. The molecule has 0 unspecified atom stereocenters. The molecule has 1 heterocycles. The van der Waals surface area contributed by atoms with Crippen LogP contribution in [0.25, 0.3) is 0 Å². The molecule has 1 aromatic heterocycles. The van der Waals surface area contributed by atoms with Crippen LogP contribution < -0.4 is 0 Å². The molecule has 0 aliphatic heterocycles. The molecular weight excluding hydrogens is 240 g/mol. The fourth-order valence-corrected chi connectivity index (χ4v) is 1.73. The lowest BCUT2D eigenvalue weighted by Crippen LogP contribution is -2.07. The monoisotopic (exact) mass is 246 g/mol. The van der Waals surface area contributed by atoms with Gasteiger partial charge in [-0.15, -0.1) is 0 Å². The second kappa shape index (κ2) is 4.57. The Balaban J connectivity index is 3.01. The Labute approximate surface area is 92.4 Å². The molecule has 7 heteroatoms. The van der Waals surface area contributed by atoms with E-state index in [2.05, 4.69) is 9.17 Å². The van der Waals surface area contributed by atoms with E-state index in [0.717, 1.165) is 7.11 Å². The molecule has 15 heavy (non-hydrogen) atoms. The lowest BCUT2D eigenvalue weighted by atomic mass is 10.3. The van der Waals surface area contributed by atoms with Crippen molar-refractivity contribution >= 4 is 21.7 Å². The average molecular weight is 247 g/mol. The highest BCUT2D eigenvalue weighted by Crippen LogP contribution is 2.14. The number of aromatic nitrogens is 1. The van der Waals surface area contributed by atoms with Crippen molar-refractivity contribution < 1.29 is 12.6 Å². The van der Waals surface area contributed by atoms with Crippen molar-refractivity contribution in [1.82, 2.24) is 4.98 Å². The first kappa shape index (κ1) is 11.9. The van der Waals surface area contributed by atoms with Gasteiger partial charge in [-0.1, -0.05) is 11.6 Å². The Morgan fingerprint density at radius 2 is 2.27 bits per heavy atom. The summed E-state index contributed by atoms with van der Waals surface area (Å²) in [5.41, 5.74) is 0.441. The fourth-order valence-electron chi connectivity index (χ4n) is 0.876. The molecule has 0 fully saturated rings. The van der Waals surface area contributed by atoms with Crippen molar-refractivity contribution in [3.8, 4) is 6.07 Å². The van der Waals surface area contributed by atoms with Gasteiger partial charge in [-0.3, -0.25) is 4.18 Å². The number of nitrogens with zero attached hydrogens (tertiary/aromatic N) is 2. The van der Waals surface area contributed by atoms with Crippen LogP contribution in [0, 0.1) is 11.3 Å². The van der Waals surface area contributed by atoms with E-state index < -0.39 is 10.1 Å². The Morgan fingerprint density at radius 1 is 1.60 bits per heavy atom. The summed E-state index contributed by atoms with van der Waals surface area (Å²) in [4.78, 5) is 3.76. The molecule has 0 radical (unpaired) electrons. The highest BCUT2D eigenvalue weighted by Gasteiger charge is 2.12. The number of hydrogen-bond donors (Lipinski definition) is 0. The number of rotatable bonds is 3. The summed E-state index contributed by atoms with van der Waals surface area (Å²) in [6, 6.07) is 4.65. The van der Waals surface area contributed by atoms with Crippen LogP contribution in [-0.2, 0) is 20.1 Å². The maximum Gasteiger partial charge on any atom is 0.272 e. The van der Waals surface area contributed by atoms with Crippen LogP contribution in [-0.4, -0.2) is 20.5 Å². The lowest BCUT2D eigenvalue weighted by molar-refractivity contribution is 0.396. The van der Waals surface area contributed by atoms with Gasteiger partial charge < -0.3 is 0 Å². The third-order valence-electron chi connectivity index (χ3n) is 1.61. The van der Waals surface area contributed by atoms with Gasteiger partial charge in [0.1, 0.15) is 17.0 Å². The zero-order chi connectivity index (χ0) is 11.5. The molecule has 5 nitrogen and oxygen atoms in total. The minimum Gasteiger partial charge on any atom is -0.273 e. The quantitative estimate of drug-likeness (QED) is 0.589. The molecule has 0 aliphatic carbocycles. The Bertz CT molecular complexity index is 507. The summed E-state index contributed by atoms with van der Waals surface area (Å²) < 4.78 is 26.4. The van der Waals surface area contributed by atoms with Crippen molar-refractivity contribution in [2.75, 3.05) is 7.11 Å². The number of hydrogen-bond acceptors (Lipinski definition) is 5. The largest absolute Gasteiger partial charge is 0.273 e. The second-order valence-corrected chi connectivity index (χ2v) is 4.72. The molecule has 0 aromatic carbocycles. The first-order valence-corrected chi connectivity index (χ1v) is 5.78. The van der Waals surface area contributed by atoms with Crippen LogP contribution in [0.5, 0.6) is 0 Å². The Kier molecular flexibility index (Phi) is 3.63. The molecule has 0 saturated heterocycles. The van der Waals surface area contributed by atoms with E-state index in [1.54, 1.807) is 0 Å². The number of halogens is 1. The summed E-state index contributed by atoms with van der Waals surface area (Å²) in [6.45, 7) is 0. The van der Waals surface area contributed by atoms with Crippen molar-refractivity contribution in [2.45, 2.75) is 5.75 Å². The van der Waals surface area contributed by atoms with Crippen molar-refractivity contribution in [1.29, 1.82) is 5.26 Å². The second-order valence-electron chi connectivity index (χ2n) is 2.62. The molecule has 0 amide bonds. The number of nitriles is 1. The van der Waals surface area contributed by atoms with Crippen LogP contribution in [0.15, 0.2) is 12.1 Å². The van der Waals surface area contributed by atoms with Gasteiger partial charge in [0.25, 0.3) is 10.1 Å². The first-order valence-electron chi connectivity index (χ1n) is 3.82. The predicted molar refractivity (Wildman–Crippen MR) is 53.6 cm³/mol. The maximum atomic E-state index is 11.1. The van der Waals surface area contributed by atoms with Crippen molar-refractivity contribution in [3.63, 3.8) is 0 Å². The highest BCUT2D eigenvalue weighted by atomic mass is 35.5. The van der Waals surface area contributed by atoms with Gasteiger partial charge in [0.2, 0.25) is 0 Å². The Hall–Kier alpha value is -1.16. The van der Waals surface area contributed by atoms with Gasteiger partial charge in [0.05, 0.1) is 18.4 Å². The van der Waals surface area contributed by atoms with Gasteiger partial charge >= 0.3 is 0 Å². The first-order chi connectivity index (χ1) is 6.98. The minimum absolute atomic E-state index is 0.0127. The van der Waals surface area contributed by atoms with Gasteiger partial charge in [0.15, 0.2) is 0 Å². The topological polar surface area (TPSA) is 80.0 Å². The van der Waals surface area contributed by atoms with Crippen molar-refractivity contribution in [2.24, 2.45) is 0 Å². The molecule has 80 valence electrons. The lowest BCUT2D eigenvalue weighted by Gasteiger charge is -2.01. The smallest absolute Gasteiger partial charge is 0.272 e. The van der Waals surface area contributed by atoms with Crippen LogP contribution >= 0.6 is 11.6 Å². The summed E-state index contributed by atoms with van der Waals surface area (Å²) in [6.07, 6.45) is 0. The Morgan fingerprint density at radius 3 is 2.73 bits per heavy atom. The summed E-state index contributed by atoms with van der Waals surface area (Å²) in [5.74, 6) is -0.366. The van der Waals surface area contributed by atoms with Crippen LogP contribution in [0.3, 0.4) is 0 Å². The predicted octanol–water partition coefficient (Wildman–Crippen LogP) is 1.08. The molecule has 0 saturated carbocycles. The SMILES string of the molecule is COS(=O)(=O)Cc1ccc(C#N)c(Cl)n1. The van der Waals surface area contributed by atoms with E-state index in [0.29, 0.717) is 0 Å². The average Bonchev–Trinajstić information content (AvgIpc) is 2.17. The van der Waals surface area contributed by atoms with E-state index in [1.807, 2.05) is 6.07 Å². The normalized spacial score (nSPS) is 11.0. The standard InChI is InChI=1S/C8H7ClN2O3S/c1-14-15(12,13)5-7-3-2-6(4-10)8(9)11-7/h2-3H,5H2,1H3. The zero-order valence-electron chi connectivity index (χ0n) is 7.77. The molecule has 1 rings (SSSR count). The van der Waals surface area contributed by atoms with Gasteiger partial charge in [-0.05, 0) is 12.1 Å². The van der Waals surface area contributed by atoms with E-state index in [9.17, 15) is 8.42 Å². The van der Waals surface area contributed by atoms with Gasteiger partial charge in [0, 0.05) is 0 Å². The van der Waals surface area contributed by atoms with E-state index in [1.165, 1.54) is 12.1 Å². The van der Waals surface area contributed by atoms with Crippen LogP contribution in [0.4, 0.5) is 0 Å². The molecular formula is C8H7ClN2O3S. The third kappa shape index (κ3) is 3.16. The minimum atomic E-state index is -3.61. The van der Waals surface area contributed by atoms with E-state index >= 15 is 0 Å². The maximum absolute atomic E-state index is 11.1. The van der Waals surface area contributed by atoms with E-state index in [-0.39, 0.29) is 22.2 Å². The molecule has 0 atom stereocenters. The van der Waals surface area contributed by atoms with Gasteiger partial charge in [-0.25, -0.2) is 4.98 Å².